The van der Waals surface area contributed by atoms with Gasteiger partial charge in [-0.15, -0.1) is 0 Å². The zero-order chi connectivity index (χ0) is 14.8. The molecule has 104 valence electrons. The number of anilines is 1. The molecule has 1 aromatic carbocycles. The zero-order valence-corrected chi connectivity index (χ0v) is 13.0. The van der Waals surface area contributed by atoms with Crippen molar-refractivity contribution in [2.45, 2.75) is 0 Å². The molecule has 0 radical (unpaired) electrons. The molecule has 2 aromatic heterocycles. The van der Waals surface area contributed by atoms with Gasteiger partial charge in [0.25, 0.3) is 5.91 Å². The molecule has 2 heterocycles. The molecule has 0 aliphatic rings. The van der Waals surface area contributed by atoms with Crippen molar-refractivity contribution in [3.63, 3.8) is 0 Å². The fourth-order valence-electron chi connectivity index (χ4n) is 1.98. The van der Waals surface area contributed by atoms with E-state index in [1.165, 1.54) is 0 Å². The van der Waals surface area contributed by atoms with Crippen molar-refractivity contribution in [1.29, 1.82) is 0 Å². The van der Waals surface area contributed by atoms with Gasteiger partial charge in [0.2, 0.25) is 0 Å². The smallest absolute Gasteiger partial charge is 0.258 e. The van der Waals surface area contributed by atoms with E-state index in [4.69, 9.17) is 11.6 Å². The molecule has 21 heavy (non-hydrogen) atoms. The highest BCUT2D eigenvalue weighted by Gasteiger charge is 2.13. The SMILES string of the molecule is O=C(Nc1ccc(Cl)c2cccnc12)c1cccnc1Br. The number of rotatable bonds is 2. The van der Waals surface area contributed by atoms with Crippen LogP contribution in [0.2, 0.25) is 5.02 Å². The van der Waals surface area contributed by atoms with Crippen LogP contribution in [0.1, 0.15) is 10.4 Å². The molecule has 1 N–H and O–H groups in total. The van der Waals surface area contributed by atoms with Crippen molar-refractivity contribution in [1.82, 2.24) is 9.97 Å². The van der Waals surface area contributed by atoms with Gasteiger partial charge in [-0.2, -0.15) is 0 Å². The number of nitrogens with one attached hydrogen (secondary N) is 1. The molecule has 0 fully saturated rings. The normalized spacial score (nSPS) is 10.6. The van der Waals surface area contributed by atoms with Crippen LogP contribution < -0.4 is 5.32 Å². The predicted molar refractivity (Wildman–Crippen MR) is 86.6 cm³/mol. The Hall–Kier alpha value is -1.98. The van der Waals surface area contributed by atoms with Gasteiger partial charge in [-0.1, -0.05) is 11.6 Å². The summed E-state index contributed by atoms with van der Waals surface area (Å²) >= 11 is 9.40. The molecule has 0 aliphatic heterocycles. The molecule has 3 rings (SSSR count). The Labute approximate surface area is 134 Å². The van der Waals surface area contributed by atoms with Crippen LogP contribution in [0.15, 0.2) is 53.4 Å². The molecule has 0 spiro atoms. The Kier molecular flexibility index (Phi) is 3.86. The van der Waals surface area contributed by atoms with Crippen LogP contribution in [0, 0.1) is 0 Å². The number of pyridine rings is 2. The van der Waals surface area contributed by atoms with Crippen LogP contribution in [0.4, 0.5) is 5.69 Å². The summed E-state index contributed by atoms with van der Waals surface area (Å²) in [6.45, 7) is 0. The summed E-state index contributed by atoms with van der Waals surface area (Å²) in [5.41, 5.74) is 1.71. The molecule has 0 unspecified atom stereocenters. The van der Waals surface area contributed by atoms with E-state index in [-0.39, 0.29) is 5.91 Å². The topological polar surface area (TPSA) is 54.9 Å². The first kappa shape index (κ1) is 14.0. The van der Waals surface area contributed by atoms with E-state index in [1.54, 1.807) is 42.7 Å². The maximum atomic E-state index is 12.3. The van der Waals surface area contributed by atoms with Crippen LogP contribution in [0.5, 0.6) is 0 Å². The van der Waals surface area contributed by atoms with E-state index < -0.39 is 0 Å². The van der Waals surface area contributed by atoms with Crippen molar-refractivity contribution in [2.75, 3.05) is 5.32 Å². The Morgan fingerprint density at radius 3 is 2.67 bits per heavy atom. The zero-order valence-electron chi connectivity index (χ0n) is 10.7. The van der Waals surface area contributed by atoms with Gasteiger partial charge in [-0.25, -0.2) is 4.98 Å². The third-order valence-electron chi connectivity index (χ3n) is 2.97. The third kappa shape index (κ3) is 2.75. The van der Waals surface area contributed by atoms with Crippen molar-refractivity contribution < 1.29 is 4.79 Å². The van der Waals surface area contributed by atoms with E-state index in [0.29, 0.717) is 26.4 Å². The summed E-state index contributed by atoms with van der Waals surface area (Å²) in [6.07, 6.45) is 3.27. The summed E-state index contributed by atoms with van der Waals surface area (Å²) in [6, 6.07) is 10.5. The van der Waals surface area contributed by atoms with Crippen molar-refractivity contribution in [3.8, 4) is 0 Å². The van der Waals surface area contributed by atoms with E-state index in [2.05, 4.69) is 31.2 Å². The predicted octanol–water partition coefficient (Wildman–Crippen LogP) is 4.30. The summed E-state index contributed by atoms with van der Waals surface area (Å²) < 4.78 is 0.494. The van der Waals surface area contributed by atoms with Gasteiger partial charge in [0.15, 0.2) is 0 Å². The van der Waals surface area contributed by atoms with E-state index >= 15 is 0 Å². The van der Waals surface area contributed by atoms with Gasteiger partial charge in [0.05, 0.1) is 21.8 Å². The maximum absolute atomic E-state index is 12.3. The Morgan fingerprint density at radius 2 is 1.86 bits per heavy atom. The summed E-state index contributed by atoms with van der Waals surface area (Å²) in [4.78, 5) is 20.6. The first-order valence-electron chi connectivity index (χ1n) is 6.12. The van der Waals surface area contributed by atoms with Gasteiger partial charge >= 0.3 is 0 Å². The van der Waals surface area contributed by atoms with Gasteiger partial charge in [-0.05, 0) is 52.3 Å². The number of hydrogen-bond donors (Lipinski definition) is 1. The molecule has 6 heteroatoms. The minimum absolute atomic E-state index is 0.260. The lowest BCUT2D eigenvalue weighted by atomic mass is 10.2. The molecule has 1 amide bonds. The summed E-state index contributed by atoms with van der Waals surface area (Å²) in [5.74, 6) is -0.260. The molecule has 0 aliphatic carbocycles. The average molecular weight is 363 g/mol. The summed E-state index contributed by atoms with van der Waals surface area (Å²) in [7, 11) is 0. The third-order valence-corrected chi connectivity index (χ3v) is 3.93. The lowest BCUT2D eigenvalue weighted by Crippen LogP contribution is -2.13. The van der Waals surface area contributed by atoms with E-state index in [1.807, 2.05) is 6.07 Å². The largest absolute Gasteiger partial charge is 0.320 e. The first-order valence-corrected chi connectivity index (χ1v) is 7.29. The van der Waals surface area contributed by atoms with Crippen molar-refractivity contribution >= 4 is 50.0 Å². The fraction of sp³-hybridized carbons (Fsp3) is 0. The van der Waals surface area contributed by atoms with Gasteiger partial charge < -0.3 is 5.32 Å². The monoisotopic (exact) mass is 361 g/mol. The second kappa shape index (κ2) is 5.79. The highest BCUT2D eigenvalue weighted by atomic mass is 79.9. The van der Waals surface area contributed by atoms with Gasteiger partial charge in [0.1, 0.15) is 4.60 Å². The molecule has 0 atom stereocenters. The highest BCUT2D eigenvalue weighted by Crippen LogP contribution is 2.28. The second-order valence-corrected chi connectivity index (χ2v) is 5.45. The van der Waals surface area contributed by atoms with Crippen LogP contribution in [-0.4, -0.2) is 15.9 Å². The van der Waals surface area contributed by atoms with Crippen LogP contribution in [0.25, 0.3) is 10.9 Å². The number of carbonyl (C=O) groups is 1. The molecular formula is C15H9BrClN3O. The number of fused-ring (bicyclic) bond motifs is 1. The number of hydrogen-bond acceptors (Lipinski definition) is 3. The number of nitrogens with zero attached hydrogens (tertiary/aromatic N) is 2. The van der Waals surface area contributed by atoms with Gasteiger partial charge in [0, 0.05) is 17.8 Å². The quantitative estimate of drug-likeness (QED) is 0.692. The molecule has 0 bridgehead atoms. The number of amides is 1. The number of carbonyl (C=O) groups excluding carboxylic acids is 1. The lowest BCUT2D eigenvalue weighted by Gasteiger charge is -2.09. The molecule has 4 nitrogen and oxygen atoms in total. The van der Waals surface area contributed by atoms with Crippen LogP contribution in [-0.2, 0) is 0 Å². The van der Waals surface area contributed by atoms with Crippen LogP contribution in [0.3, 0.4) is 0 Å². The Bertz CT molecular complexity index is 838. The molecule has 0 saturated carbocycles. The number of aromatic nitrogens is 2. The van der Waals surface area contributed by atoms with Crippen molar-refractivity contribution in [2.24, 2.45) is 0 Å². The standard InChI is InChI=1S/C15H9BrClN3O/c16-14-10(4-2-8-19-14)15(21)20-12-6-5-11(17)9-3-1-7-18-13(9)12/h1-8H,(H,20,21). The fourth-order valence-corrected chi connectivity index (χ4v) is 2.63. The molecular weight excluding hydrogens is 354 g/mol. The molecule has 3 aromatic rings. The number of halogens is 2. The average Bonchev–Trinajstić information content (AvgIpc) is 2.51. The first-order chi connectivity index (χ1) is 10.2. The minimum Gasteiger partial charge on any atom is -0.320 e. The van der Waals surface area contributed by atoms with E-state index in [0.717, 1.165) is 5.39 Å². The Balaban J connectivity index is 2.01. The molecule has 0 saturated heterocycles. The lowest BCUT2D eigenvalue weighted by molar-refractivity contribution is 0.102. The minimum atomic E-state index is -0.260. The highest BCUT2D eigenvalue weighted by molar-refractivity contribution is 9.10. The van der Waals surface area contributed by atoms with Gasteiger partial charge in [-0.3, -0.25) is 9.78 Å². The van der Waals surface area contributed by atoms with E-state index in [9.17, 15) is 4.79 Å². The Morgan fingerprint density at radius 1 is 1.10 bits per heavy atom. The maximum Gasteiger partial charge on any atom is 0.258 e. The van der Waals surface area contributed by atoms with Crippen molar-refractivity contribution in [3.05, 3.63) is 64.0 Å². The number of benzene rings is 1. The summed E-state index contributed by atoms with van der Waals surface area (Å²) in [5, 5.41) is 4.23. The van der Waals surface area contributed by atoms with Crippen LogP contribution >= 0.6 is 27.5 Å². The second-order valence-electron chi connectivity index (χ2n) is 4.29.